The number of nitrogens with zero attached hydrogens (tertiary/aromatic N) is 1. The van der Waals surface area contributed by atoms with Gasteiger partial charge in [0, 0.05) is 0 Å². The van der Waals surface area contributed by atoms with Gasteiger partial charge in [-0.05, 0) is 12.1 Å². The Kier molecular flexibility index (Phi) is 3.61. The summed E-state index contributed by atoms with van der Waals surface area (Å²) in [6.45, 7) is -0.331. The number of carbonyl (C=O) groups is 1. The van der Waals surface area contributed by atoms with Crippen LogP contribution in [0.1, 0.15) is 5.56 Å². The first-order valence-electron chi connectivity index (χ1n) is 3.96. The average Bonchev–Trinajstić information content (AvgIpc) is 2.15. The highest BCUT2D eigenvalue weighted by Crippen LogP contribution is 2.20. The van der Waals surface area contributed by atoms with E-state index in [-0.39, 0.29) is 17.9 Å². The van der Waals surface area contributed by atoms with Crippen LogP contribution in [0.3, 0.4) is 0 Å². The number of phenolic OH excluding ortho intramolecular Hbond substituents is 1. The van der Waals surface area contributed by atoms with Gasteiger partial charge >= 0.3 is 5.97 Å². The summed E-state index contributed by atoms with van der Waals surface area (Å²) in [4.78, 5) is 14.5. The lowest BCUT2D eigenvalue weighted by Crippen LogP contribution is -1.97. The largest absolute Gasteiger partial charge is 0.507 e. The molecule has 15 heavy (non-hydrogen) atoms. The van der Waals surface area contributed by atoms with Crippen LogP contribution in [0.25, 0.3) is 0 Å². The summed E-state index contributed by atoms with van der Waals surface area (Å²) in [5, 5.41) is 20.4. The van der Waals surface area contributed by atoms with E-state index in [0.29, 0.717) is 6.21 Å². The first-order chi connectivity index (χ1) is 7.11. The fourth-order valence-electron chi connectivity index (χ4n) is 0.874. The van der Waals surface area contributed by atoms with Crippen LogP contribution in [0, 0.1) is 5.82 Å². The van der Waals surface area contributed by atoms with E-state index in [4.69, 9.17) is 5.11 Å². The number of hydrogen-bond acceptors (Lipinski definition) is 4. The van der Waals surface area contributed by atoms with Crippen molar-refractivity contribution in [2.24, 2.45) is 5.16 Å². The number of oxime groups is 1. The van der Waals surface area contributed by atoms with Crippen molar-refractivity contribution in [2.45, 2.75) is 6.61 Å². The third kappa shape index (κ3) is 3.26. The minimum atomic E-state index is -1.27. The fraction of sp³-hybridized carbons (Fsp3) is 0.111. The number of phenols is 1. The van der Waals surface area contributed by atoms with E-state index in [2.05, 4.69) is 9.99 Å². The lowest BCUT2D eigenvalue weighted by atomic mass is 10.2. The molecule has 1 aromatic carbocycles. The topological polar surface area (TPSA) is 79.1 Å². The van der Waals surface area contributed by atoms with E-state index < -0.39 is 11.8 Å². The van der Waals surface area contributed by atoms with E-state index in [9.17, 15) is 14.3 Å². The molecule has 6 heteroatoms. The summed E-state index contributed by atoms with van der Waals surface area (Å²) in [5.41, 5.74) is -0.0694. The molecule has 0 spiro atoms. The number of carboxylic acid groups (broad SMARTS) is 1. The fourth-order valence-corrected chi connectivity index (χ4v) is 0.874. The summed E-state index contributed by atoms with van der Waals surface area (Å²) in [7, 11) is 0. The Balaban J connectivity index is 2.61. The van der Waals surface area contributed by atoms with E-state index in [0.717, 1.165) is 6.07 Å². The van der Waals surface area contributed by atoms with Crippen LogP contribution in [-0.4, -0.2) is 22.4 Å². The molecule has 0 aromatic heterocycles. The normalized spacial score (nSPS) is 10.5. The number of hydrogen-bond donors (Lipinski definition) is 2. The average molecular weight is 213 g/mol. The van der Waals surface area contributed by atoms with Crippen LogP contribution in [0.4, 0.5) is 4.39 Å². The zero-order valence-corrected chi connectivity index (χ0v) is 7.55. The second-order valence-corrected chi connectivity index (χ2v) is 2.58. The van der Waals surface area contributed by atoms with Gasteiger partial charge < -0.3 is 15.1 Å². The van der Waals surface area contributed by atoms with E-state index >= 15 is 0 Å². The number of aromatic hydroxyl groups is 1. The third-order valence-corrected chi connectivity index (χ3v) is 1.54. The summed E-state index contributed by atoms with van der Waals surface area (Å²) in [5.74, 6) is -2.17. The van der Waals surface area contributed by atoms with Gasteiger partial charge in [0.2, 0.25) is 0 Å². The molecule has 80 valence electrons. The number of halogens is 1. The second kappa shape index (κ2) is 4.94. The van der Waals surface area contributed by atoms with Gasteiger partial charge in [-0.3, -0.25) is 0 Å². The zero-order valence-electron chi connectivity index (χ0n) is 7.55. The molecular weight excluding hydrogens is 205 g/mol. The van der Waals surface area contributed by atoms with Gasteiger partial charge in [0.25, 0.3) is 0 Å². The van der Waals surface area contributed by atoms with Gasteiger partial charge in [-0.25, -0.2) is 9.18 Å². The monoisotopic (exact) mass is 213 g/mol. The lowest BCUT2D eigenvalue weighted by molar-refractivity contribution is -0.129. The summed E-state index contributed by atoms with van der Waals surface area (Å²) in [6.07, 6.45) is 0.526. The van der Waals surface area contributed by atoms with Crippen LogP contribution in [0.5, 0.6) is 5.75 Å². The van der Waals surface area contributed by atoms with Crippen molar-refractivity contribution in [1.29, 1.82) is 0 Å². The number of carboxylic acids is 1. The maximum Gasteiger partial charge on any atom is 0.350 e. The molecular formula is C9H8FNO4. The molecule has 0 saturated carbocycles. The van der Waals surface area contributed by atoms with Crippen LogP contribution in [0.15, 0.2) is 23.4 Å². The van der Waals surface area contributed by atoms with Crippen molar-refractivity contribution in [3.63, 3.8) is 0 Å². The van der Waals surface area contributed by atoms with Crippen molar-refractivity contribution in [3.05, 3.63) is 29.6 Å². The van der Waals surface area contributed by atoms with E-state index in [1.54, 1.807) is 0 Å². The van der Waals surface area contributed by atoms with Gasteiger partial charge in [0.1, 0.15) is 18.2 Å². The van der Waals surface area contributed by atoms with E-state index in [1.165, 1.54) is 12.1 Å². The van der Waals surface area contributed by atoms with Gasteiger partial charge in [-0.15, -0.1) is 0 Å². The Hall–Kier alpha value is -2.11. The van der Waals surface area contributed by atoms with Gasteiger partial charge in [0.15, 0.2) is 6.21 Å². The van der Waals surface area contributed by atoms with E-state index in [1.807, 2.05) is 0 Å². The molecule has 0 unspecified atom stereocenters. The molecule has 0 amide bonds. The minimum Gasteiger partial charge on any atom is -0.507 e. The molecule has 0 radical (unpaired) electrons. The Morgan fingerprint density at radius 3 is 2.93 bits per heavy atom. The van der Waals surface area contributed by atoms with Crippen molar-refractivity contribution in [1.82, 2.24) is 0 Å². The molecule has 1 aromatic rings. The van der Waals surface area contributed by atoms with Gasteiger partial charge in [-0.1, -0.05) is 11.2 Å². The van der Waals surface area contributed by atoms with Gasteiger partial charge in [-0.2, -0.15) is 0 Å². The van der Waals surface area contributed by atoms with Crippen LogP contribution >= 0.6 is 0 Å². The predicted octanol–water partition coefficient (Wildman–Crippen LogP) is 1.12. The van der Waals surface area contributed by atoms with Crippen LogP contribution in [-0.2, 0) is 16.2 Å². The van der Waals surface area contributed by atoms with Crippen LogP contribution in [0.2, 0.25) is 0 Å². The predicted molar refractivity (Wildman–Crippen MR) is 49.0 cm³/mol. The Morgan fingerprint density at radius 2 is 2.33 bits per heavy atom. The smallest absolute Gasteiger partial charge is 0.350 e. The molecule has 1 rings (SSSR count). The number of aliphatic carboxylic acids is 1. The Morgan fingerprint density at radius 1 is 1.60 bits per heavy atom. The summed E-state index contributed by atoms with van der Waals surface area (Å²) < 4.78 is 13.0. The second-order valence-electron chi connectivity index (χ2n) is 2.58. The molecule has 0 fully saturated rings. The highest BCUT2D eigenvalue weighted by molar-refractivity contribution is 6.21. The molecule has 0 aliphatic rings. The highest BCUT2D eigenvalue weighted by atomic mass is 19.1. The lowest BCUT2D eigenvalue weighted by Gasteiger charge is -2.03. The van der Waals surface area contributed by atoms with Crippen molar-refractivity contribution in [3.8, 4) is 5.75 Å². The number of benzene rings is 1. The third-order valence-electron chi connectivity index (χ3n) is 1.54. The molecule has 0 bridgehead atoms. The quantitative estimate of drug-likeness (QED) is 0.580. The SMILES string of the molecule is O=C(O)/C=N\OCc1c(O)cccc1F. The molecule has 0 saturated heterocycles. The van der Waals surface area contributed by atoms with Crippen LogP contribution < -0.4 is 0 Å². The van der Waals surface area contributed by atoms with Gasteiger partial charge in [0.05, 0.1) is 5.56 Å². The maximum absolute atomic E-state index is 13.0. The standard InChI is InChI=1S/C9H8FNO4/c10-7-2-1-3-8(12)6(7)5-15-11-4-9(13)14/h1-4,12H,5H2,(H,13,14)/b11-4-. The first kappa shape index (κ1) is 11.0. The van der Waals surface area contributed by atoms with Crippen molar-refractivity contribution < 1.29 is 24.2 Å². The summed E-state index contributed by atoms with van der Waals surface area (Å²) in [6, 6.07) is 3.79. The zero-order chi connectivity index (χ0) is 11.3. The number of rotatable bonds is 4. The highest BCUT2D eigenvalue weighted by Gasteiger charge is 2.07. The first-order valence-corrected chi connectivity index (χ1v) is 3.96. The molecule has 2 N–H and O–H groups in total. The van der Waals surface area contributed by atoms with Crippen molar-refractivity contribution in [2.75, 3.05) is 0 Å². The van der Waals surface area contributed by atoms with Crippen molar-refractivity contribution >= 4 is 12.2 Å². The molecule has 0 aliphatic heterocycles. The molecule has 0 heterocycles. The molecule has 0 atom stereocenters. The maximum atomic E-state index is 13.0. The Bertz CT molecular complexity index is 371. The minimum absolute atomic E-state index is 0.0694. The molecule has 5 nitrogen and oxygen atoms in total. The molecule has 0 aliphatic carbocycles. The summed E-state index contributed by atoms with van der Waals surface area (Å²) >= 11 is 0. The Labute approximate surface area is 84.4 Å².